The summed E-state index contributed by atoms with van der Waals surface area (Å²) in [6.07, 6.45) is 3.62. The van der Waals surface area contributed by atoms with Crippen LogP contribution in [0, 0.1) is 28.9 Å². The lowest BCUT2D eigenvalue weighted by molar-refractivity contribution is 0.239. The van der Waals surface area contributed by atoms with Crippen molar-refractivity contribution in [3.05, 3.63) is 34.9 Å². The van der Waals surface area contributed by atoms with E-state index in [0.717, 1.165) is 12.1 Å². The number of nitrogens with one attached hydrogen (secondary N) is 1. The molecule has 0 saturated heterocycles. The van der Waals surface area contributed by atoms with Crippen molar-refractivity contribution in [2.24, 2.45) is 5.92 Å². The van der Waals surface area contributed by atoms with Crippen LogP contribution in [0.25, 0.3) is 0 Å². The fourth-order valence-corrected chi connectivity index (χ4v) is 2.21. The maximum atomic E-state index is 13.6. The largest absolute Gasteiger partial charge is 0.310 e. The Hall–Kier alpha value is -1.47. The number of nitrogens with zero attached hydrogens (tertiary/aromatic N) is 1. The van der Waals surface area contributed by atoms with Crippen molar-refractivity contribution in [1.29, 1.82) is 5.26 Å². The molecule has 2 rings (SSSR count). The molecule has 0 aromatic heterocycles. The van der Waals surface area contributed by atoms with E-state index in [1.54, 1.807) is 6.07 Å². The molecule has 96 valence electrons. The van der Waals surface area contributed by atoms with Crippen LogP contribution in [0.1, 0.15) is 37.3 Å². The van der Waals surface area contributed by atoms with Crippen LogP contribution in [0.5, 0.6) is 0 Å². The van der Waals surface area contributed by atoms with Crippen LogP contribution in [0.3, 0.4) is 0 Å². The minimum Gasteiger partial charge on any atom is -0.310 e. The quantitative estimate of drug-likeness (QED) is 0.891. The zero-order chi connectivity index (χ0) is 13.1. The minimum absolute atomic E-state index is 0.0140. The number of benzene rings is 1. The lowest BCUT2D eigenvalue weighted by Crippen LogP contribution is -2.36. The van der Waals surface area contributed by atoms with Gasteiger partial charge in [-0.1, -0.05) is 6.42 Å². The van der Waals surface area contributed by atoms with Gasteiger partial charge in [-0.05, 0) is 37.8 Å². The molecule has 1 aromatic rings. The summed E-state index contributed by atoms with van der Waals surface area (Å²) in [5.41, 5.74) is 0.0287. The first-order valence-electron chi connectivity index (χ1n) is 6.23. The van der Waals surface area contributed by atoms with E-state index in [1.165, 1.54) is 19.3 Å². The summed E-state index contributed by atoms with van der Waals surface area (Å²) in [5.74, 6) is -0.686. The molecule has 1 saturated carbocycles. The fraction of sp³-hybridized carbons (Fsp3) is 0.500. The minimum atomic E-state index is -0.653. The second-order valence-corrected chi connectivity index (χ2v) is 4.89. The van der Waals surface area contributed by atoms with Crippen LogP contribution in [0.2, 0.25) is 0 Å². The zero-order valence-electron chi connectivity index (χ0n) is 10.3. The molecule has 0 spiro atoms. The molecule has 1 aliphatic rings. The van der Waals surface area contributed by atoms with E-state index in [0.29, 0.717) is 5.92 Å². The van der Waals surface area contributed by atoms with E-state index in [4.69, 9.17) is 5.26 Å². The smallest absolute Gasteiger partial charge is 0.131 e. The maximum absolute atomic E-state index is 13.6. The highest BCUT2D eigenvalue weighted by Crippen LogP contribution is 2.29. The van der Waals surface area contributed by atoms with Crippen molar-refractivity contribution in [3.63, 3.8) is 0 Å². The Kier molecular flexibility index (Phi) is 3.93. The van der Waals surface area contributed by atoms with Crippen LogP contribution >= 0.6 is 0 Å². The van der Waals surface area contributed by atoms with Crippen LogP contribution in [0.4, 0.5) is 8.78 Å². The van der Waals surface area contributed by atoms with Gasteiger partial charge in [0.25, 0.3) is 0 Å². The van der Waals surface area contributed by atoms with Gasteiger partial charge in [-0.15, -0.1) is 0 Å². The average Bonchev–Trinajstić information content (AvgIpc) is 2.25. The molecular weight excluding hydrogens is 234 g/mol. The van der Waals surface area contributed by atoms with E-state index < -0.39 is 11.6 Å². The monoisotopic (exact) mass is 250 g/mol. The second-order valence-electron chi connectivity index (χ2n) is 4.89. The van der Waals surface area contributed by atoms with Gasteiger partial charge >= 0.3 is 0 Å². The molecule has 1 unspecified atom stereocenters. The third-order valence-electron chi connectivity index (χ3n) is 3.73. The van der Waals surface area contributed by atoms with Gasteiger partial charge < -0.3 is 5.32 Å². The molecule has 1 N–H and O–H groups in total. The first-order valence-corrected chi connectivity index (χ1v) is 6.23. The number of nitriles is 1. The summed E-state index contributed by atoms with van der Waals surface area (Å²) in [6, 6.07) is 4.16. The van der Waals surface area contributed by atoms with Crippen molar-refractivity contribution in [1.82, 2.24) is 5.32 Å². The van der Waals surface area contributed by atoms with Crippen LogP contribution in [-0.4, -0.2) is 6.04 Å². The third kappa shape index (κ3) is 2.68. The maximum Gasteiger partial charge on any atom is 0.131 e. The molecule has 1 aromatic carbocycles. The molecule has 0 radical (unpaired) electrons. The Bertz CT molecular complexity index is 452. The topological polar surface area (TPSA) is 35.8 Å². The normalized spacial score (nSPS) is 17.0. The van der Waals surface area contributed by atoms with Gasteiger partial charge in [0.05, 0.1) is 11.6 Å². The summed E-state index contributed by atoms with van der Waals surface area (Å²) in [7, 11) is 0. The van der Waals surface area contributed by atoms with Gasteiger partial charge in [-0.25, -0.2) is 8.78 Å². The molecule has 0 bridgehead atoms. The lowest BCUT2D eigenvalue weighted by atomic mass is 9.80. The predicted octanol–water partition coefficient (Wildman–Crippen LogP) is 3.11. The number of rotatable bonds is 4. The predicted molar refractivity (Wildman–Crippen MR) is 64.7 cm³/mol. The fourth-order valence-electron chi connectivity index (χ4n) is 2.21. The molecule has 18 heavy (non-hydrogen) atoms. The zero-order valence-corrected chi connectivity index (χ0v) is 10.3. The van der Waals surface area contributed by atoms with Crippen molar-refractivity contribution < 1.29 is 8.78 Å². The van der Waals surface area contributed by atoms with E-state index in [-0.39, 0.29) is 23.7 Å². The van der Waals surface area contributed by atoms with Gasteiger partial charge in [0, 0.05) is 18.2 Å². The molecule has 0 heterocycles. The molecule has 0 aliphatic heterocycles. The highest BCUT2D eigenvalue weighted by molar-refractivity contribution is 5.34. The summed E-state index contributed by atoms with van der Waals surface area (Å²) in [4.78, 5) is 0. The number of halogens is 2. The van der Waals surface area contributed by atoms with Gasteiger partial charge in [0.2, 0.25) is 0 Å². The van der Waals surface area contributed by atoms with E-state index in [1.807, 2.05) is 6.92 Å². The first kappa shape index (κ1) is 13.0. The second kappa shape index (κ2) is 5.45. The van der Waals surface area contributed by atoms with E-state index in [2.05, 4.69) is 5.32 Å². The molecule has 2 nitrogen and oxygen atoms in total. The van der Waals surface area contributed by atoms with Gasteiger partial charge in [0.15, 0.2) is 0 Å². The van der Waals surface area contributed by atoms with Gasteiger partial charge in [-0.2, -0.15) is 5.26 Å². The van der Waals surface area contributed by atoms with Crippen LogP contribution in [-0.2, 0) is 6.54 Å². The first-order chi connectivity index (χ1) is 8.61. The van der Waals surface area contributed by atoms with Crippen LogP contribution in [0.15, 0.2) is 12.1 Å². The molecule has 1 atom stereocenters. The van der Waals surface area contributed by atoms with Gasteiger partial charge in [-0.3, -0.25) is 0 Å². The van der Waals surface area contributed by atoms with Gasteiger partial charge in [0.1, 0.15) is 11.6 Å². The molecule has 1 fully saturated rings. The van der Waals surface area contributed by atoms with Crippen LogP contribution < -0.4 is 5.32 Å². The Morgan fingerprint density at radius 1 is 1.39 bits per heavy atom. The van der Waals surface area contributed by atoms with E-state index in [9.17, 15) is 8.78 Å². The molecule has 4 heteroatoms. The Balaban J connectivity index is 2.02. The summed E-state index contributed by atoms with van der Waals surface area (Å²) < 4.78 is 27.2. The Labute approximate surface area is 106 Å². The molecule has 1 aliphatic carbocycles. The third-order valence-corrected chi connectivity index (χ3v) is 3.73. The number of hydrogen-bond acceptors (Lipinski definition) is 2. The van der Waals surface area contributed by atoms with Crippen molar-refractivity contribution in [2.75, 3.05) is 0 Å². The Morgan fingerprint density at radius 3 is 2.44 bits per heavy atom. The molecule has 0 amide bonds. The highest BCUT2D eigenvalue weighted by Gasteiger charge is 2.24. The summed E-state index contributed by atoms with van der Waals surface area (Å²) >= 11 is 0. The number of hydrogen-bond donors (Lipinski definition) is 1. The standard InChI is InChI=1S/C14H16F2N2/c1-9(11-3-2-4-11)18-8-12-13(15)5-10(7-17)6-14(12)16/h5-6,9,11,18H,2-4,8H2,1H3. The summed E-state index contributed by atoms with van der Waals surface area (Å²) in [5, 5.41) is 11.8. The average molecular weight is 250 g/mol. The summed E-state index contributed by atoms with van der Waals surface area (Å²) in [6.45, 7) is 2.21. The SMILES string of the molecule is CC(NCc1c(F)cc(C#N)cc1F)C1CCC1. The lowest BCUT2D eigenvalue weighted by Gasteiger charge is -2.32. The Morgan fingerprint density at radius 2 is 2.00 bits per heavy atom. The highest BCUT2D eigenvalue weighted by atomic mass is 19.1. The van der Waals surface area contributed by atoms with Crippen molar-refractivity contribution in [2.45, 2.75) is 38.8 Å². The van der Waals surface area contributed by atoms with Crippen molar-refractivity contribution >= 4 is 0 Å². The van der Waals surface area contributed by atoms with Crippen molar-refractivity contribution in [3.8, 4) is 6.07 Å². The van der Waals surface area contributed by atoms with E-state index >= 15 is 0 Å². The molecular formula is C14H16F2N2.